The molecule has 0 bridgehead atoms. The Labute approximate surface area is 190 Å². The second-order valence-corrected chi connectivity index (χ2v) is 9.86. The van der Waals surface area contributed by atoms with E-state index in [0.717, 1.165) is 33.2 Å². The number of anilines is 1. The Morgan fingerprint density at radius 1 is 1.13 bits per heavy atom. The minimum atomic E-state index is -3.65. The molecular formula is C22H23BrN4O3S. The number of sulfonamides is 1. The van der Waals surface area contributed by atoms with Crippen LogP contribution in [0.4, 0.5) is 5.69 Å². The Morgan fingerprint density at radius 2 is 1.84 bits per heavy atom. The van der Waals surface area contributed by atoms with Crippen molar-refractivity contribution < 1.29 is 13.2 Å². The fraction of sp³-hybridized carbons (Fsp3) is 0.182. The second kappa shape index (κ2) is 9.49. The van der Waals surface area contributed by atoms with Crippen molar-refractivity contribution in [3.8, 4) is 5.69 Å². The number of hydrazone groups is 1. The molecule has 9 heteroatoms. The highest BCUT2D eigenvalue weighted by Gasteiger charge is 2.21. The predicted molar refractivity (Wildman–Crippen MR) is 127 cm³/mol. The summed E-state index contributed by atoms with van der Waals surface area (Å²) >= 11 is 3.32. The van der Waals surface area contributed by atoms with Gasteiger partial charge < -0.3 is 4.57 Å². The van der Waals surface area contributed by atoms with Crippen LogP contribution in [0.3, 0.4) is 0 Å². The first kappa shape index (κ1) is 22.8. The van der Waals surface area contributed by atoms with Gasteiger partial charge in [-0.3, -0.25) is 9.10 Å². The van der Waals surface area contributed by atoms with E-state index in [1.807, 2.05) is 50.2 Å². The zero-order valence-electron chi connectivity index (χ0n) is 17.4. The van der Waals surface area contributed by atoms with E-state index in [2.05, 4.69) is 31.0 Å². The summed E-state index contributed by atoms with van der Waals surface area (Å²) in [6, 6.07) is 18.7. The van der Waals surface area contributed by atoms with Crippen molar-refractivity contribution in [2.45, 2.75) is 13.8 Å². The lowest BCUT2D eigenvalue weighted by atomic mass is 10.2. The number of halogens is 1. The molecule has 1 amide bonds. The minimum Gasteiger partial charge on any atom is -0.318 e. The lowest BCUT2D eigenvalue weighted by Crippen LogP contribution is -2.39. The Hall–Kier alpha value is -2.91. The summed E-state index contributed by atoms with van der Waals surface area (Å²) in [7, 11) is -3.65. The molecule has 0 aliphatic rings. The van der Waals surface area contributed by atoms with Crippen LogP contribution in [0.2, 0.25) is 0 Å². The van der Waals surface area contributed by atoms with E-state index in [-0.39, 0.29) is 6.54 Å². The van der Waals surface area contributed by atoms with Gasteiger partial charge in [-0.1, -0.05) is 40.2 Å². The van der Waals surface area contributed by atoms with Gasteiger partial charge in [0.2, 0.25) is 10.0 Å². The molecule has 0 unspecified atom stereocenters. The molecule has 2 aromatic carbocycles. The largest absolute Gasteiger partial charge is 0.318 e. The van der Waals surface area contributed by atoms with E-state index in [1.165, 1.54) is 0 Å². The number of hydrogen-bond donors (Lipinski definition) is 1. The average molecular weight is 503 g/mol. The van der Waals surface area contributed by atoms with Crippen LogP contribution in [0.5, 0.6) is 0 Å². The molecule has 3 aromatic rings. The van der Waals surface area contributed by atoms with Gasteiger partial charge in [-0.05, 0) is 50.2 Å². The minimum absolute atomic E-state index is 0.379. The first-order valence-corrected chi connectivity index (χ1v) is 12.1. The summed E-state index contributed by atoms with van der Waals surface area (Å²) in [6.07, 6.45) is 2.62. The fourth-order valence-electron chi connectivity index (χ4n) is 3.26. The molecule has 0 aliphatic heterocycles. The van der Waals surface area contributed by atoms with Gasteiger partial charge in [0.1, 0.15) is 6.54 Å². The molecule has 0 radical (unpaired) electrons. The van der Waals surface area contributed by atoms with Crippen molar-refractivity contribution in [3.05, 3.63) is 82.1 Å². The van der Waals surface area contributed by atoms with E-state index >= 15 is 0 Å². The SMILES string of the molecule is Cc1cc(/C=N\NC(=O)CN(c2cccc(Br)c2)S(C)(=O)=O)c(C)n1-c1ccccc1. The van der Waals surface area contributed by atoms with Crippen molar-refractivity contribution in [1.82, 2.24) is 9.99 Å². The summed E-state index contributed by atoms with van der Waals surface area (Å²) in [5.74, 6) is -0.543. The van der Waals surface area contributed by atoms with E-state index in [4.69, 9.17) is 0 Å². The molecule has 0 aliphatic carbocycles. The third-order valence-electron chi connectivity index (χ3n) is 4.66. The van der Waals surface area contributed by atoms with Gasteiger partial charge >= 0.3 is 0 Å². The average Bonchev–Trinajstić information content (AvgIpc) is 2.99. The van der Waals surface area contributed by atoms with Crippen molar-refractivity contribution >= 4 is 43.8 Å². The van der Waals surface area contributed by atoms with Gasteiger partial charge in [-0.2, -0.15) is 5.10 Å². The molecule has 1 heterocycles. The summed E-state index contributed by atoms with van der Waals surface area (Å²) in [4.78, 5) is 12.4. The molecule has 7 nitrogen and oxygen atoms in total. The fourth-order valence-corrected chi connectivity index (χ4v) is 4.50. The van der Waals surface area contributed by atoms with E-state index in [9.17, 15) is 13.2 Å². The molecule has 0 atom stereocenters. The summed E-state index contributed by atoms with van der Waals surface area (Å²) in [5.41, 5.74) is 6.72. The number of carbonyl (C=O) groups excluding carboxylic acids is 1. The number of nitrogens with zero attached hydrogens (tertiary/aromatic N) is 3. The standard InChI is InChI=1S/C22H23BrN4O3S/c1-16-12-18(17(2)27(16)20-9-5-4-6-10-20)14-24-25-22(28)15-26(31(3,29)30)21-11-7-8-19(23)13-21/h4-14H,15H2,1-3H3,(H,25,28)/b24-14-. The molecule has 31 heavy (non-hydrogen) atoms. The Balaban J connectivity index is 1.73. The highest BCUT2D eigenvalue weighted by molar-refractivity contribution is 9.10. The molecule has 1 N–H and O–H groups in total. The highest BCUT2D eigenvalue weighted by Crippen LogP contribution is 2.22. The van der Waals surface area contributed by atoms with Gasteiger partial charge in [0, 0.05) is 27.1 Å². The third-order valence-corrected chi connectivity index (χ3v) is 6.30. The molecule has 162 valence electrons. The van der Waals surface area contributed by atoms with Crippen LogP contribution in [0.1, 0.15) is 17.0 Å². The van der Waals surface area contributed by atoms with Crippen LogP contribution < -0.4 is 9.73 Å². The van der Waals surface area contributed by atoms with E-state index in [1.54, 1.807) is 30.5 Å². The molecule has 3 rings (SSSR count). The zero-order valence-corrected chi connectivity index (χ0v) is 19.8. The van der Waals surface area contributed by atoms with Crippen LogP contribution in [-0.4, -0.2) is 37.9 Å². The number of amides is 1. The molecular weight excluding hydrogens is 480 g/mol. The number of carbonyl (C=O) groups is 1. The van der Waals surface area contributed by atoms with Crippen LogP contribution in [0, 0.1) is 13.8 Å². The van der Waals surface area contributed by atoms with Crippen LogP contribution in [0.15, 0.2) is 70.2 Å². The third kappa shape index (κ3) is 5.62. The number of hydrogen-bond acceptors (Lipinski definition) is 4. The van der Waals surface area contributed by atoms with Gasteiger partial charge in [0.05, 0.1) is 18.2 Å². The van der Waals surface area contributed by atoms with Crippen LogP contribution in [0.25, 0.3) is 5.69 Å². The van der Waals surface area contributed by atoms with Gasteiger partial charge in [0.15, 0.2) is 0 Å². The van der Waals surface area contributed by atoms with E-state index in [0.29, 0.717) is 10.2 Å². The highest BCUT2D eigenvalue weighted by atomic mass is 79.9. The van der Waals surface area contributed by atoms with Crippen molar-refractivity contribution in [2.24, 2.45) is 5.10 Å². The Morgan fingerprint density at radius 3 is 2.48 bits per heavy atom. The molecule has 0 fully saturated rings. The number of nitrogens with one attached hydrogen (secondary N) is 1. The Bertz CT molecular complexity index is 1220. The predicted octanol–water partition coefficient (Wildman–Crippen LogP) is 3.77. The maximum absolute atomic E-state index is 12.4. The Kier molecular flexibility index (Phi) is 6.97. The lowest BCUT2D eigenvalue weighted by Gasteiger charge is -2.21. The lowest BCUT2D eigenvalue weighted by molar-refractivity contribution is -0.119. The van der Waals surface area contributed by atoms with Crippen LogP contribution in [-0.2, 0) is 14.8 Å². The maximum Gasteiger partial charge on any atom is 0.260 e. The zero-order chi connectivity index (χ0) is 22.6. The van der Waals surface area contributed by atoms with Gasteiger partial charge in [-0.25, -0.2) is 13.8 Å². The topological polar surface area (TPSA) is 83.8 Å². The molecule has 0 saturated heterocycles. The second-order valence-electron chi connectivity index (χ2n) is 7.04. The first-order chi connectivity index (χ1) is 14.7. The summed E-state index contributed by atoms with van der Waals surface area (Å²) < 4.78 is 28.2. The van der Waals surface area contributed by atoms with Crippen molar-refractivity contribution in [2.75, 3.05) is 17.1 Å². The number of aryl methyl sites for hydroxylation is 1. The smallest absolute Gasteiger partial charge is 0.260 e. The van der Waals surface area contributed by atoms with Crippen LogP contribution >= 0.6 is 15.9 Å². The quantitative estimate of drug-likeness (QED) is 0.394. The monoisotopic (exact) mass is 502 g/mol. The number of para-hydroxylation sites is 1. The number of rotatable bonds is 7. The molecule has 1 aromatic heterocycles. The number of benzene rings is 2. The first-order valence-electron chi connectivity index (χ1n) is 9.46. The van der Waals surface area contributed by atoms with Crippen molar-refractivity contribution in [3.63, 3.8) is 0 Å². The normalized spacial score (nSPS) is 11.6. The maximum atomic E-state index is 12.4. The summed E-state index contributed by atoms with van der Waals surface area (Å²) in [6.45, 7) is 3.59. The van der Waals surface area contributed by atoms with Crippen molar-refractivity contribution in [1.29, 1.82) is 0 Å². The van der Waals surface area contributed by atoms with Gasteiger partial charge in [0.25, 0.3) is 5.91 Å². The molecule has 0 spiro atoms. The number of aromatic nitrogens is 1. The van der Waals surface area contributed by atoms with Gasteiger partial charge in [-0.15, -0.1) is 0 Å². The molecule has 0 saturated carbocycles. The van der Waals surface area contributed by atoms with E-state index < -0.39 is 15.9 Å². The summed E-state index contributed by atoms with van der Waals surface area (Å²) in [5, 5.41) is 4.03.